The molecule has 0 bridgehead atoms. The van der Waals surface area contributed by atoms with Crippen LogP contribution in [0.1, 0.15) is 60.5 Å². The molecular weight excluding hydrogens is 660 g/mol. The van der Waals surface area contributed by atoms with Crippen molar-refractivity contribution in [3.05, 3.63) is 161 Å². The Bertz CT molecular complexity index is 2080. The molecule has 1 aliphatic heterocycles. The number of nitrogens with zero attached hydrogens (tertiary/aromatic N) is 2. The summed E-state index contributed by atoms with van der Waals surface area (Å²) < 4.78 is 14.5. The van der Waals surface area contributed by atoms with E-state index in [-0.39, 0.29) is 12.2 Å². The minimum atomic E-state index is -0.714. The van der Waals surface area contributed by atoms with Gasteiger partial charge in [-0.3, -0.25) is 9.36 Å². The molecule has 6 nitrogen and oxygen atoms in total. The maximum atomic E-state index is 14.2. The topological polar surface area (TPSA) is 69.9 Å². The molecule has 0 amide bonds. The number of carbonyl (C=O) groups excluding carboxylic acids is 1. The lowest BCUT2D eigenvalue weighted by atomic mass is 9.91. The zero-order chi connectivity index (χ0) is 32.2. The van der Waals surface area contributed by atoms with E-state index in [4.69, 9.17) is 14.5 Å². The largest absolute Gasteiger partial charge is 0.488 e. The summed E-state index contributed by atoms with van der Waals surface area (Å²) in [7, 11) is 0. The normalized spacial score (nSPS) is 14.6. The second-order valence-electron chi connectivity index (χ2n) is 11.2. The van der Waals surface area contributed by atoms with E-state index >= 15 is 0 Å². The number of halogens is 1. The molecule has 1 atom stereocenters. The molecule has 0 N–H and O–H groups in total. The van der Waals surface area contributed by atoms with Crippen molar-refractivity contribution in [1.82, 2.24) is 4.57 Å². The Morgan fingerprint density at radius 2 is 1.67 bits per heavy atom. The third-order valence-electron chi connectivity index (χ3n) is 7.78. The van der Waals surface area contributed by atoms with E-state index in [1.807, 2.05) is 97.1 Å². The Kier molecular flexibility index (Phi) is 9.47. The van der Waals surface area contributed by atoms with Crippen LogP contribution in [0.25, 0.3) is 11.8 Å². The van der Waals surface area contributed by atoms with Crippen molar-refractivity contribution in [3.8, 4) is 5.75 Å². The number of hydrogen-bond donors (Lipinski definition) is 0. The fourth-order valence-electron chi connectivity index (χ4n) is 5.43. The molecule has 4 aromatic carbocycles. The number of ether oxygens (including phenoxy) is 2. The standard InChI is InChI=1S/C38H33BrN2O4S/c1-4-44-37(43)33-34(28-13-9-6-10-14-28)40-38-41(35(33)29-18-16-27(17-19-29)24(2)3)36(42)32(46-38)22-26-15-20-31(30(39)21-26)45-23-25-11-7-5-8-12-25/h5-22,24,35H,4,23H2,1-3H3/b32-22-/t35-/m0/s1. The highest BCUT2D eigenvalue weighted by atomic mass is 79.9. The molecule has 0 unspecified atom stereocenters. The Hall–Kier alpha value is -4.53. The summed E-state index contributed by atoms with van der Waals surface area (Å²) in [6, 6.07) is 32.7. The molecule has 0 saturated carbocycles. The smallest absolute Gasteiger partial charge is 0.338 e. The van der Waals surface area contributed by atoms with Gasteiger partial charge in [-0.05, 0) is 69.2 Å². The van der Waals surface area contributed by atoms with Crippen LogP contribution in [0.15, 0.2) is 123 Å². The van der Waals surface area contributed by atoms with Crippen molar-refractivity contribution in [2.45, 2.75) is 39.3 Å². The SMILES string of the molecule is CCOC(=O)C1=C(c2ccccc2)N=c2s/c(=C\c3ccc(OCc4ccccc4)c(Br)c3)c(=O)n2[C@H]1c1ccc(C(C)C)cc1. The monoisotopic (exact) mass is 692 g/mol. The number of rotatable bonds is 9. The first-order chi connectivity index (χ1) is 22.3. The van der Waals surface area contributed by atoms with E-state index in [0.29, 0.717) is 38.9 Å². The quantitative estimate of drug-likeness (QED) is 0.151. The van der Waals surface area contributed by atoms with Gasteiger partial charge in [0, 0.05) is 5.56 Å². The third kappa shape index (κ3) is 6.55. The zero-order valence-corrected chi connectivity index (χ0v) is 28.2. The second-order valence-corrected chi connectivity index (χ2v) is 13.1. The Morgan fingerprint density at radius 1 is 0.978 bits per heavy atom. The molecule has 0 saturated heterocycles. The molecule has 232 valence electrons. The molecule has 1 aromatic heterocycles. The Balaban J connectivity index is 1.47. The van der Waals surface area contributed by atoms with Crippen molar-refractivity contribution in [2.75, 3.05) is 6.61 Å². The van der Waals surface area contributed by atoms with Crippen LogP contribution in [0.3, 0.4) is 0 Å². The molecule has 0 fully saturated rings. The lowest BCUT2D eigenvalue weighted by Gasteiger charge is -2.26. The van der Waals surface area contributed by atoms with Gasteiger partial charge in [-0.25, -0.2) is 9.79 Å². The van der Waals surface area contributed by atoms with Gasteiger partial charge in [-0.2, -0.15) is 0 Å². The fraction of sp³-hybridized carbons (Fsp3) is 0.184. The van der Waals surface area contributed by atoms with Crippen LogP contribution < -0.4 is 19.6 Å². The second kappa shape index (κ2) is 13.8. The van der Waals surface area contributed by atoms with Crippen molar-refractivity contribution >= 4 is 45.0 Å². The van der Waals surface area contributed by atoms with Gasteiger partial charge in [0.2, 0.25) is 0 Å². The van der Waals surface area contributed by atoms with E-state index in [0.717, 1.165) is 26.7 Å². The van der Waals surface area contributed by atoms with E-state index in [2.05, 4.69) is 41.9 Å². The van der Waals surface area contributed by atoms with Gasteiger partial charge in [0.15, 0.2) is 4.80 Å². The van der Waals surface area contributed by atoms with Crippen molar-refractivity contribution < 1.29 is 14.3 Å². The molecule has 2 heterocycles. The summed E-state index contributed by atoms with van der Waals surface area (Å²) in [4.78, 5) is 33.4. The number of thiazole rings is 1. The van der Waals surface area contributed by atoms with Crippen molar-refractivity contribution in [1.29, 1.82) is 0 Å². The van der Waals surface area contributed by atoms with E-state index in [1.165, 1.54) is 16.9 Å². The summed E-state index contributed by atoms with van der Waals surface area (Å²) in [5, 5.41) is 0. The summed E-state index contributed by atoms with van der Waals surface area (Å²) in [6.45, 7) is 6.69. The molecular formula is C38H33BrN2O4S. The summed E-state index contributed by atoms with van der Waals surface area (Å²) in [5.74, 6) is 0.552. The van der Waals surface area contributed by atoms with Gasteiger partial charge >= 0.3 is 5.97 Å². The first-order valence-electron chi connectivity index (χ1n) is 15.2. The number of fused-ring (bicyclic) bond motifs is 1. The molecule has 0 aliphatic carbocycles. The maximum Gasteiger partial charge on any atom is 0.338 e. The molecule has 0 spiro atoms. The van der Waals surface area contributed by atoms with Crippen LogP contribution in [0.4, 0.5) is 0 Å². The zero-order valence-electron chi connectivity index (χ0n) is 25.8. The molecule has 1 aliphatic rings. The average Bonchev–Trinajstić information content (AvgIpc) is 3.38. The number of esters is 1. The predicted molar refractivity (Wildman–Crippen MR) is 187 cm³/mol. The van der Waals surface area contributed by atoms with Gasteiger partial charge in [0.25, 0.3) is 5.56 Å². The van der Waals surface area contributed by atoms with Crippen molar-refractivity contribution in [3.63, 3.8) is 0 Å². The fourth-order valence-corrected chi connectivity index (χ4v) is 6.94. The lowest BCUT2D eigenvalue weighted by Crippen LogP contribution is -2.40. The Labute approximate surface area is 280 Å². The Morgan fingerprint density at radius 3 is 2.33 bits per heavy atom. The summed E-state index contributed by atoms with van der Waals surface area (Å²) >= 11 is 4.94. The third-order valence-corrected chi connectivity index (χ3v) is 9.39. The van der Waals surface area contributed by atoms with Crippen LogP contribution in [0.5, 0.6) is 5.75 Å². The number of benzene rings is 4. The number of aromatic nitrogens is 1. The first kappa shape index (κ1) is 31.5. The highest BCUT2D eigenvalue weighted by molar-refractivity contribution is 9.10. The van der Waals surface area contributed by atoms with Crippen LogP contribution in [0.2, 0.25) is 0 Å². The lowest BCUT2D eigenvalue weighted by molar-refractivity contribution is -0.138. The average molecular weight is 694 g/mol. The van der Waals surface area contributed by atoms with Crippen LogP contribution in [-0.4, -0.2) is 17.1 Å². The van der Waals surface area contributed by atoms with Crippen molar-refractivity contribution in [2.24, 2.45) is 4.99 Å². The summed E-state index contributed by atoms with van der Waals surface area (Å²) in [6.07, 6.45) is 1.85. The van der Waals surface area contributed by atoms with E-state index < -0.39 is 12.0 Å². The van der Waals surface area contributed by atoms with Crippen LogP contribution >= 0.6 is 27.3 Å². The first-order valence-corrected chi connectivity index (χ1v) is 16.8. The van der Waals surface area contributed by atoms with E-state index in [1.54, 1.807) is 11.5 Å². The van der Waals surface area contributed by atoms with Crippen LogP contribution in [-0.2, 0) is 16.1 Å². The van der Waals surface area contributed by atoms with Gasteiger partial charge in [0.05, 0.1) is 32.9 Å². The summed E-state index contributed by atoms with van der Waals surface area (Å²) in [5.41, 5.74) is 5.28. The number of carbonyl (C=O) groups is 1. The molecule has 8 heteroatoms. The number of hydrogen-bond acceptors (Lipinski definition) is 6. The van der Waals surface area contributed by atoms with Gasteiger partial charge in [-0.1, -0.05) is 116 Å². The predicted octanol–water partition coefficient (Wildman–Crippen LogP) is 7.40. The van der Waals surface area contributed by atoms with Gasteiger partial charge in [0.1, 0.15) is 12.4 Å². The maximum absolute atomic E-state index is 14.2. The van der Waals surface area contributed by atoms with E-state index in [9.17, 15) is 9.59 Å². The highest BCUT2D eigenvalue weighted by Gasteiger charge is 2.35. The molecule has 46 heavy (non-hydrogen) atoms. The van der Waals surface area contributed by atoms with Gasteiger partial charge < -0.3 is 9.47 Å². The van der Waals surface area contributed by atoms with Gasteiger partial charge in [-0.15, -0.1) is 0 Å². The molecule has 0 radical (unpaired) electrons. The minimum absolute atomic E-state index is 0.202. The van der Waals surface area contributed by atoms with Crippen LogP contribution in [0, 0.1) is 0 Å². The molecule has 6 rings (SSSR count). The molecule has 5 aromatic rings. The minimum Gasteiger partial charge on any atom is -0.488 e. The highest BCUT2D eigenvalue weighted by Crippen LogP contribution is 2.35.